The summed E-state index contributed by atoms with van der Waals surface area (Å²) in [6, 6.07) is 4.02. The quantitative estimate of drug-likeness (QED) is 0.670. The summed E-state index contributed by atoms with van der Waals surface area (Å²) in [4.78, 5) is 41.8. The fourth-order valence-electron chi connectivity index (χ4n) is 3.68. The van der Waals surface area contributed by atoms with Gasteiger partial charge in [-0.15, -0.1) is 0 Å². The average Bonchev–Trinajstić information content (AvgIpc) is 3.06. The molecule has 1 aliphatic heterocycles. The van der Waals surface area contributed by atoms with Crippen LogP contribution in [-0.2, 0) is 19.1 Å². The highest BCUT2D eigenvalue weighted by molar-refractivity contribution is 6.11. The van der Waals surface area contributed by atoms with Gasteiger partial charge >= 0.3 is 11.9 Å². The number of H-pyrrole nitrogens is 1. The summed E-state index contributed by atoms with van der Waals surface area (Å²) in [5, 5.41) is 3.10. The number of hydrogen-bond acceptors (Lipinski definition) is 6. The summed E-state index contributed by atoms with van der Waals surface area (Å²) in [6.45, 7) is 5.07. The van der Waals surface area contributed by atoms with Crippen molar-refractivity contribution in [3.8, 4) is 0 Å². The van der Waals surface area contributed by atoms with Gasteiger partial charge in [-0.2, -0.15) is 0 Å². The number of carbonyl (C=O) groups is 3. The van der Waals surface area contributed by atoms with Gasteiger partial charge in [0.2, 0.25) is 5.91 Å². The first-order valence-electron chi connectivity index (χ1n) is 10.1. The smallest absolute Gasteiger partial charge is 0.356 e. The minimum atomic E-state index is -0.634. The van der Waals surface area contributed by atoms with Gasteiger partial charge in [0, 0.05) is 17.4 Å². The number of rotatable bonds is 7. The van der Waals surface area contributed by atoms with Crippen LogP contribution in [-0.4, -0.2) is 60.6 Å². The van der Waals surface area contributed by atoms with Gasteiger partial charge < -0.3 is 19.8 Å². The molecule has 1 aromatic carbocycles. The molecule has 30 heavy (non-hydrogen) atoms. The van der Waals surface area contributed by atoms with E-state index < -0.39 is 11.8 Å². The van der Waals surface area contributed by atoms with Gasteiger partial charge in [-0.1, -0.05) is 0 Å². The molecule has 0 bridgehead atoms. The van der Waals surface area contributed by atoms with Gasteiger partial charge in [0.05, 0.1) is 31.4 Å². The first kappa shape index (κ1) is 21.8. The van der Waals surface area contributed by atoms with E-state index in [9.17, 15) is 18.8 Å². The van der Waals surface area contributed by atoms with Crippen LogP contribution < -0.4 is 5.32 Å². The van der Waals surface area contributed by atoms with E-state index in [1.54, 1.807) is 13.8 Å². The minimum Gasteiger partial charge on any atom is -0.466 e. The van der Waals surface area contributed by atoms with Crippen molar-refractivity contribution in [3.05, 3.63) is 29.7 Å². The van der Waals surface area contributed by atoms with Gasteiger partial charge in [0.15, 0.2) is 0 Å². The Bertz CT molecular complexity index is 942. The molecule has 3 rings (SSSR count). The van der Waals surface area contributed by atoms with E-state index in [1.807, 2.05) is 4.90 Å². The Morgan fingerprint density at radius 2 is 2.00 bits per heavy atom. The Morgan fingerprint density at radius 3 is 2.73 bits per heavy atom. The molecule has 9 heteroatoms. The van der Waals surface area contributed by atoms with Gasteiger partial charge in [0.25, 0.3) is 0 Å². The van der Waals surface area contributed by atoms with E-state index in [4.69, 9.17) is 9.47 Å². The van der Waals surface area contributed by atoms with Crippen LogP contribution in [0.2, 0.25) is 0 Å². The highest BCUT2D eigenvalue weighted by Crippen LogP contribution is 2.29. The van der Waals surface area contributed by atoms with Crippen LogP contribution in [0.5, 0.6) is 0 Å². The summed E-state index contributed by atoms with van der Waals surface area (Å²) in [5.41, 5.74) is 0.760. The molecule has 0 saturated carbocycles. The number of benzene rings is 1. The van der Waals surface area contributed by atoms with E-state index in [1.165, 1.54) is 18.2 Å². The van der Waals surface area contributed by atoms with Gasteiger partial charge in [-0.3, -0.25) is 14.5 Å². The monoisotopic (exact) mass is 419 g/mol. The van der Waals surface area contributed by atoms with E-state index in [-0.39, 0.29) is 42.3 Å². The molecule has 1 atom stereocenters. The molecule has 1 aliphatic rings. The van der Waals surface area contributed by atoms with Crippen LogP contribution in [0.3, 0.4) is 0 Å². The number of esters is 2. The number of piperidine rings is 1. The molecular weight excluding hydrogens is 393 g/mol. The Hall–Kier alpha value is -2.94. The Labute approximate surface area is 173 Å². The number of anilines is 1. The number of ether oxygens (including phenoxy) is 2. The van der Waals surface area contributed by atoms with E-state index >= 15 is 0 Å². The summed E-state index contributed by atoms with van der Waals surface area (Å²) in [6.07, 6.45) is 1.51. The molecule has 1 amide bonds. The molecule has 1 aromatic heterocycles. The number of likely N-dealkylation sites (tertiary alicyclic amines) is 1. The summed E-state index contributed by atoms with van der Waals surface area (Å²) in [7, 11) is 0. The lowest BCUT2D eigenvalue weighted by Gasteiger charge is -2.30. The lowest BCUT2D eigenvalue weighted by atomic mass is 9.98. The second kappa shape index (κ2) is 9.71. The Balaban J connectivity index is 1.75. The highest BCUT2D eigenvalue weighted by Gasteiger charge is 2.28. The van der Waals surface area contributed by atoms with Gasteiger partial charge in [-0.25, -0.2) is 9.18 Å². The molecule has 0 aliphatic carbocycles. The molecule has 1 fully saturated rings. The van der Waals surface area contributed by atoms with Gasteiger partial charge in [-0.05, 0) is 51.4 Å². The second-order valence-corrected chi connectivity index (χ2v) is 7.16. The molecular formula is C21H26FN3O5. The first-order valence-corrected chi connectivity index (χ1v) is 10.1. The number of nitrogens with one attached hydrogen (secondary N) is 2. The third kappa shape index (κ3) is 4.96. The Kier molecular flexibility index (Phi) is 7.04. The highest BCUT2D eigenvalue weighted by atomic mass is 19.1. The number of fused-ring (bicyclic) bond motifs is 1. The van der Waals surface area contributed by atoms with E-state index in [0.717, 1.165) is 12.8 Å². The third-order valence-electron chi connectivity index (χ3n) is 5.00. The van der Waals surface area contributed by atoms with E-state index in [2.05, 4.69) is 10.3 Å². The van der Waals surface area contributed by atoms with Crippen molar-refractivity contribution in [1.29, 1.82) is 0 Å². The summed E-state index contributed by atoms with van der Waals surface area (Å²) < 4.78 is 23.9. The molecule has 0 unspecified atom stereocenters. The average molecular weight is 419 g/mol. The van der Waals surface area contributed by atoms with Crippen molar-refractivity contribution in [2.24, 2.45) is 5.92 Å². The topological polar surface area (TPSA) is 101 Å². The van der Waals surface area contributed by atoms with Crippen LogP contribution in [0.1, 0.15) is 37.2 Å². The van der Waals surface area contributed by atoms with E-state index in [0.29, 0.717) is 30.6 Å². The molecule has 2 heterocycles. The molecule has 2 N–H and O–H groups in total. The molecule has 8 nitrogen and oxygen atoms in total. The van der Waals surface area contributed by atoms with Crippen LogP contribution in [0.4, 0.5) is 10.1 Å². The van der Waals surface area contributed by atoms with Crippen molar-refractivity contribution >= 4 is 34.4 Å². The third-order valence-corrected chi connectivity index (χ3v) is 5.00. The van der Waals surface area contributed by atoms with Crippen LogP contribution in [0.25, 0.3) is 10.9 Å². The van der Waals surface area contributed by atoms with Crippen molar-refractivity contribution in [2.75, 3.05) is 38.2 Å². The van der Waals surface area contributed by atoms with Crippen molar-refractivity contribution in [2.45, 2.75) is 26.7 Å². The largest absolute Gasteiger partial charge is 0.466 e. The zero-order valence-electron chi connectivity index (χ0n) is 17.1. The molecule has 1 saturated heterocycles. The second-order valence-electron chi connectivity index (χ2n) is 7.16. The van der Waals surface area contributed by atoms with Crippen LogP contribution >= 0.6 is 0 Å². The van der Waals surface area contributed by atoms with Crippen molar-refractivity contribution in [3.63, 3.8) is 0 Å². The SMILES string of the molecule is CCOC(=O)c1[nH]c2ccc(F)cc2c1NC(=O)CN1CCC[C@H](C(=O)OCC)C1. The standard InChI is InChI=1S/C21H26FN3O5/c1-3-29-20(27)13-6-5-9-25(11-13)12-17(26)24-18-15-10-14(22)7-8-16(15)23-19(18)21(28)30-4-2/h7-8,10,13,23H,3-6,9,11-12H2,1-2H3,(H,24,26)/t13-/m0/s1. The van der Waals surface area contributed by atoms with Crippen molar-refractivity contribution in [1.82, 2.24) is 9.88 Å². The maximum atomic E-state index is 13.8. The minimum absolute atomic E-state index is 0.0418. The number of nitrogens with zero attached hydrogens (tertiary/aromatic N) is 1. The molecule has 0 spiro atoms. The van der Waals surface area contributed by atoms with Crippen molar-refractivity contribution < 1.29 is 28.2 Å². The Morgan fingerprint density at radius 1 is 1.23 bits per heavy atom. The lowest BCUT2D eigenvalue weighted by Crippen LogP contribution is -2.43. The predicted octanol–water partition coefficient (Wildman–Crippen LogP) is 2.70. The lowest BCUT2D eigenvalue weighted by molar-refractivity contribution is -0.150. The summed E-state index contributed by atoms with van der Waals surface area (Å²) >= 11 is 0. The number of aromatic amines is 1. The van der Waals surface area contributed by atoms with Crippen LogP contribution in [0.15, 0.2) is 18.2 Å². The number of hydrogen-bond donors (Lipinski definition) is 2. The molecule has 162 valence electrons. The fourth-order valence-corrected chi connectivity index (χ4v) is 3.68. The molecule has 0 radical (unpaired) electrons. The number of aromatic nitrogens is 1. The summed E-state index contributed by atoms with van der Waals surface area (Å²) in [5.74, 6) is -2.00. The fraction of sp³-hybridized carbons (Fsp3) is 0.476. The van der Waals surface area contributed by atoms with Gasteiger partial charge in [0.1, 0.15) is 11.5 Å². The maximum Gasteiger partial charge on any atom is 0.356 e. The molecule has 2 aromatic rings. The number of halogens is 1. The number of carbonyl (C=O) groups excluding carboxylic acids is 3. The zero-order chi connectivity index (χ0) is 21.7. The predicted molar refractivity (Wildman–Crippen MR) is 109 cm³/mol. The normalized spacial score (nSPS) is 17.0. The zero-order valence-corrected chi connectivity index (χ0v) is 17.1. The van der Waals surface area contributed by atoms with Crippen LogP contribution in [0, 0.1) is 11.7 Å². The first-order chi connectivity index (χ1) is 14.4. The number of amides is 1. The maximum absolute atomic E-state index is 13.8.